The summed E-state index contributed by atoms with van der Waals surface area (Å²) in [5.41, 5.74) is 2.31. The van der Waals surface area contributed by atoms with Crippen LogP contribution in [0.3, 0.4) is 0 Å². The van der Waals surface area contributed by atoms with Gasteiger partial charge in [0, 0.05) is 21.1 Å². The van der Waals surface area contributed by atoms with Crippen molar-refractivity contribution >= 4 is 34.2 Å². The lowest BCUT2D eigenvalue weighted by Gasteiger charge is -2.10. The molecule has 0 amide bonds. The maximum atomic E-state index is 10.0. The standard InChI is InChI=1S/C12H11ClINO2/c1-7-2-3-9(13)5-10(7)15-11(16)4-8(6-14)12(15)17/h2-5,16-17H,6H2,1H3. The summed E-state index contributed by atoms with van der Waals surface area (Å²) >= 11 is 8.07. The smallest absolute Gasteiger partial charge is 0.202 e. The van der Waals surface area contributed by atoms with E-state index in [1.54, 1.807) is 18.2 Å². The Labute approximate surface area is 118 Å². The molecular formula is C12H11ClINO2. The third kappa shape index (κ3) is 2.24. The van der Waals surface area contributed by atoms with E-state index in [0.717, 1.165) is 5.56 Å². The van der Waals surface area contributed by atoms with Gasteiger partial charge in [-0.1, -0.05) is 40.3 Å². The highest BCUT2D eigenvalue weighted by Gasteiger charge is 2.16. The molecule has 1 heterocycles. The highest BCUT2D eigenvalue weighted by atomic mass is 127. The monoisotopic (exact) mass is 363 g/mol. The third-order valence-electron chi connectivity index (χ3n) is 2.59. The van der Waals surface area contributed by atoms with Crippen LogP contribution in [-0.4, -0.2) is 14.8 Å². The Morgan fingerprint density at radius 2 is 2.00 bits per heavy atom. The molecule has 90 valence electrons. The molecule has 2 rings (SSSR count). The summed E-state index contributed by atoms with van der Waals surface area (Å²) in [6, 6.07) is 6.90. The van der Waals surface area contributed by atoms with E-state index in [1.165, 1.54) is 4.57 Å². The summed E-state index contributed by atoms with van der Waals surface area (Å²) in [6.45, 7) is 1.90. The van der Waals surface area contributed by atoms with E-state index >= 15 is 0 Å². The first-order valence-electron chi connectivity index (χ1n) is 4.99. The molecule has 0 spiro atoms. The molecule has 0 unspecified atom stereocenters. The molecule has 0 fully saturated rings. The van der Waals surface area contributed by atoms with Gasteiger partial charge < -0.3 is 10.2 Å². The lowest BCUT2D eigenvalue weighted by molar-refractivity contribution is 0.401. The lowest BCUT2D eigenvalue weighted by Crippen LogP contribution is -1.96. The van der Waals surface area contributed by atoms with E-state index in [0.29, 0.717) is 20.7 Å². The molecular weight excluding hydrogens is 352 g/mol. The van der Waals surface area contributed by atoms with Crippen LogP contribution in [0.2, 0.25) is 5.02 Å². The molecule has 1 aromatic carbocycles. The van der Waals surface area contributed by atoms with E-state index < -0.39 is 0 Å². The lowest BCUT2D eigenvalue weighted by atomic mass is 10.2. The molecule has 17 heavy (non-hydrogen) atoms. The molecule has 0 saturated carbocycles. The predicted octanol–water partition coefficient (Wildman–Crippen LogP) is 3.79. The fourth-order valence-electron chi connectivity index (χ4n) is 1.70. The van der Waals surface area contributed by atoms with Crippen molar-refractivity contribution in [3.8, 4) is 17.4 Å². The molecule has 3 nitrogen and oxygen atoms in total. The maximum absolute atomic E-state index is 10.0. The SMILES string of the molecule is Cc1ccc(Cl)cc1-n1c(O)cc(CI)c1O. The van der Waals surface area contributed by atoms with Gasteiger partial charge in [-0.15, -0.1) is 0 Å². The Hall–Kier alpha value is -0.880. The normalized spacial score (nSPS) is 10.8. The minimum absolute atomic E-state index is 0.0135. The van der Waals surface area contributed by atoms with Crippen LogP contribution >= 0.6 is 34.2 Å². The molecule has 2 N–H and O–H groups in total. The van der Waals surface area contributed by atoms with Gasteiger partial charge in [-0.25, -0.2) is 0 Å². The number of halogens is 2. The van der Waals surface area contributed by atoms with Gasteiger partial charge in [-0.05, 0) is 24.6 Å². The topological polar surface area (TPSA) is 45.4 Å². The van der Waals surface area contributed by atoms with Crippen molar-refractivity contribution in [1.29, 1.82) is 0 Å². The molecule has 5 heteroatoms. The van der Waals surface area contributed by atoms with Crippen LogP contribution in [0.1, 0.15) is 11.1 Å². The zero-order valence-corrected chi connectivity index (χ0v) is 12.0. The summed E-state index contributed by atoms with van der Waals surface area (Å²) in [7, 11) is 0. The van der Waals surface area contributed by atoms with E-state index in [-0.39, 0.29) is 11.8 Å². The second-order valence-corrected chi connectivity index (χ2v) is 4.95. The van der Waals surface area contributed by atoms with Crippen LogP contribution in [0.5, 0.6) is 11.8 Å². The van der Waals surface area contributed by atoms with Crippen LogP contribution in [-0.2, 0) is 4.43 Å². The van der Waals surface area contributed by atoms with Crippen molar-refractivity contribution in [3.63, 3.8) is 0 Å². The summed E-state index contributed by atoms with van der Waals surface area (Å²) < 4.78 is 2.03. The highest BCUT2D eigenvalue weighted by Crippen LogP contribution is 2.34. The van der Waals surface area contributed by atoms with Gasteiger partial charge in [-0.3, -0.25) is 4.57 Å². The number of hydrogen-bond acceptors (Lipinski definition) is 2. The zero-order valence-electron chi connectivity index (χ0n) is 9.11. The first-order valence-corrected chi connectivity index (χ1v) is 6.90. The van der Waals surface area contributed by atoms with Crippen LogP contribution < -0.4 is 0 Å². The fraction of sp³-hybridized carbons (Fsp3) is 0.167. The summed E-state index contributed by atoms with van der Waals surface area (Å²) in [6.07, 6.45) is 0. The van der Waals surface area contributed by atoms with E-state index in [4.69, 9.17) is 11.6 Å². The van der Waals surface area contributed by atoms with Crippen molar-refractivity contribution in [3.05, 3.63) is 40.4 Å². The second kappa shape index (κ2) is 4.78. The number of rotatable bonds is 2. The quantitative estimate of drug-likeness (QED) is 0.630. The van der Waals surface area contributed by atoms with Crippen LogP contribution in [0.25, 0.3) is 5.69 Å². The van der Waals surface area contributed by atoms with Gasteiger partial charge >= 0.3 is 0 Å². The Morgan fingerprint density at radius 1 is 1.29 bits per heavy atom. The van der Waals surface area contributed by atoms with E-state index in [2.05, 4.69) is 22.6 Å². The summed E-state index contributed by atoms with van der Waals surface area (Å²) in [5.74, 6) is 0.0711. The first-order chi connectivity index (χ1) is 8.04. The Balaban J connectivity index is 2.68. The third-order valence-corrected chi connectivity index (χ3v) is 3.64. The molecule has 0 aliphatic carbocycles. The van der Waals surface area contributed by atoms with Gasteiger partial charge in [0.15, 0.2) is 5.88 Å². The maximum Gasteiger partial charge on any atom is 0.202 e. The second-order valence-electron chi connectivity index (χ2n) is 3.75. The van der Waals surface area contributed by atoms with E-state index in [1.807, 2.05) is 13.0 Å². The number of hydrogen-bond donors (Lipinski definition) is 2. The van der Waals surface area contributed by atoms with Crippen LogP contribution in [0.4, 0.5) is 0 Å². The predicted molar refractivity (Wildman–Crippen MR) is 76.6 cm³/mol. The van der Waals surface area contributed by atoms with Crippen molar-refractivity contribution in [2.45, 2.75) is 11.4 Å². The number of benzene rings is 1. The molecule has 1 aromatic heterocycles. The summed E-state index contributed by atoms with van der Waals surface area (Å²) in [5, 5.41) is 20.5. The number of nitrogens with zero attached hydrogens (tertiary/aromatic N) is 1. The summed E-state index contributed by atoms with van der Waals surface area (Å²) in [4.78, 5) is 0. The van der Waals surface area contributed by atoms with Crippen molar-refractivity contribution < 1.29 is 10.2 Å². The molecule has 0 aliphatic heterocycles. The molecule has 2 aromatic rings. The average Bonchev–Trinajstić information content (AvgIpc) is 2.58. The first kappa shape index (κ1) is 12.6. The Kier molecular flexibility index (Phi) is 3.53. The van der Waals surface area contributed by atoms with Gasteiger partial charge in [0.2, 0.25) is 5.88 Å². The minimum atomic E-state index is 0.0135. The zero-order chi connectivity index (χ0) is 12.6. The number of aromatic nitrogens is 1. The van der Waals surface area contributed by atoms with Gasteiger partial charge in [0.1, 0.15) is 0 Å². The minimum Gasteiger partial charge on any atom is -0.494 e. The van der Waals surface area contributed by atoms with Crippen molar-refractivity contribution in [2.24, 2.45) is 0 Å². The van der Waals surface area contributed by atoms with E-state index in [9.17, 15) is 10.2 Å². The fourth-order valence-corrected chi connectivity index (χ4v) is 2.42. The van der Waals surface area contributed by atoms with Crippen LogP contribution in [0.15, 0.2) is 24.3 Å². The molecule has 0 radical (unpaired) electrons. The number of aromatic hydroxyl groups is 2. The van der Waals surface area contributed by atoms with Gasteiger partial charge in [0.25, 0.3) is 0 Å². The highest BCUT2D eigenvalue weighted by molar-refractivity contribution is 14.1. The molecule has 0 bridgehead atoms. The molecule has 0 atom stereocenters. The van der Waals surface area contributed by atoms with Gasteiger partial charge in [0.05, 0.1) is 5.69 Å². The number of alkyl halides is 1. The molecule has 0 saturated heterocycles. The Morgan fingerprint density at radius 3 is 2.59 bits per heavy atom. The van der Waals surface area contributed by atoms with Crippen LogP contribution in [0, 0.1) is 6.92 Å². The number of aryl methyl sites for hydroxylation is 1. The van der Waals surface area contributed by atoms with Gasteiger partial charge in [-0.2, -0.15) is 0 Å². The van der Waals surface area contributed by atoms with Crippen molar-refractivity contribution in [2.75, 3.05) is 0 Å². The largest absolute Gasteiger partial charge is 0.494 e. The molecule has 0 aliphatic rings. The average molecular weight is 364 g/mol. The van der Waals surface area contributed by atoms with Crippen molar-refractivity contribution in [1.82, 2.24) is 4.57 Å². The Bertz CT molecular complexity index is 566.